The highest BCUT2D eigenvalue weighted by Crippen LogP contribution is 2.13. The summed E-state index contributed by atoms with van der Waals surface area (Å²) in [5.41, 5.74) is 1.92. The molecule has 0 bridgehead atoms. The summed E-state index contributed by atoms with van der Waals surface area (Å²) in [6.07, 6.45) is 0.0998. The number of aromatic nitrogens is 1. The number of hydrogen-bond acceptors (Lipinski definition) is 4. The minimum Gasteiger partial charge on any atom is -0.481 e. The van der Waals surface area contributed by atoms with E-state index in [-0.39, 0.29) is 30.1 Å². The Balaban J connectivity index is 1.95. The molecule has 0 atom stereocenters. The molecule has 7 nitrogen and oxygen atoms in total. The number of hydrogen-bond donors (Lipinski definition) is 3. The molecule has 0 spiro atoms. The molecule has 1 aromatic heterocycles. The van der Waals surface area contributed by atoms with Crippen molar-refractivity contribution in [1.29, 1.82) is 0 Å². The van der Waals surface area contributed by atoms with Crippen molar-refractivity contribution in [2.45, 2.75) is 31.1 Å². The maximum absolute atomic E-state index is 12.1. The molecule has 1 aromatic carbocycles. The molecule has 0 aliphatic rings. The lowest BCUT2D eigenvalue weighted by Gasteiger charge is -2.06. The van der Waals surface area contributed by atoms with Gasteiger partial charge in [0.2, 0.25) is 10.0 Å². The molecule has 25 heavy (non-hydrogen) atoms. The summed E-state index contributed by atoms with van der Waals surface area (Å²) in [5, 5.41) is 8.63. The van der Waals surface area contributed by atoms with Crippen molar-refractivity contribution >= 4 is 21.8 Å². The van der Waals surface area contributed by atoms with Gasteiger partial charge in [-0.3, -0.25) is 9.59 Å². The van der Waals surface area contributed by atoms with E-state index in [0.29, 0.717) is 12.1 Å². The van der Waals surface area contributed by atoms with E-state index in [0.717, 1.165) is 11.3 Å². The molecule has 3 N–H and O–H groups in total. The predicted octanol–water partition coefficient (Wildman–Crippen LogP) is 1.89. The molecule has 2 rings (SSSR count). The van der Waals surface area contributed by atoms with Crippen LogP contribution in [0.15, 0.2) is 41.3 Å². The van der Waals surface area contributed by atoms with Crippen molar-refractivity contribution in [1.82, 2.24) is 9.71 Å². The normalized spacial score (nSPS) is 11.4. The van der Waals surface area contributed by atoms with Crippen LogP contribution in [-0.4, -0.2) is 36.8 Å². The monoisotopic (exact) mass is 364 g/mol. The number of carboxylic acid groups (broad SMARTS) is 1. The number of rotatable bonds is 9. The lowest BCUT2D eigenvalue weighted by atomic mass is 10.1. The molecule has 0 fully saturated rings. The number of ketones is 1. The Labute approximate surface area is 146 Å². The van der Waals surface area contributed by atoms with E-state index in [4.69, 9.17) is 5.11 Å². The molecule has 0 unspecified atom stereocenters. The summed E-state index contributed by atoms with van der Waals surface area (Å²) < 4.78 is 26.8. The van der Waals surface area contributed by atoms with Gasteiger partial charge in [0.25, 0.3) is 0 Å². The van der Waals surface area contributed by atoms with Gasteiger partial charge in [-0.1, -0.05) is 18.2 Å². The smallest absolute Gasteiger partial charge is 0.303 e. The van der Waals surface area contributed by atoms with Gasteiger partial charge in [0.15, 0.2) is 5.78 Å². The fourth-order valence-electron chi connectivity index (χ4n) is 2.36. The lowest BCUT2D eigenvalue weighted by molar-refractivity contribution is -0.136. The van der Waals surface area contributed by atoms with E-state index in [1.165, 1.54) is 12.1 Å². The molecule has 0 aliphatic heterocycles. The van der Waals surface area contributed by atoms with Crippen molar-refractivity contribution in [2.24, 2.45) is 0 Å². The first-order chi connectivity index (χ1) is 11.8. The van der Waals surface area contributed by atoms with Crippen LogP contribution in [0.4, 0.5) is 0 Å². The van der Waals surface area contributed by atoms with Gasteiger partial charge in [-0.2, -0.15) is 0 Å². The zero-order valence-corrected chi connectivity index (χ0v) is 14.6. The van der Waals surface area contributed by atoms with Crippen LogP contribution < -0.4 is 4.72 Å². The van der Waals surface area contributed by atoms with E-state index >= 15 is 0 Å². The summed E-state index contributed by atoms with van der Waals surface area (Å²) >= 11 is 0. The van der Waals surface area contributed by atoms with Crippen LogP contribution >= 0.6 is 0 Å². The predicted molar refractivity (Wildman–Crippen MR) is 92.1 cm³/mol. The Morgan fingerprint density at radius 3 is 2.48 bits per heavy atom. The van der Waals surface area contributed by atoms with Gasteiger partial charge in [0.05, 0.1) is 17.0 Å². The molecule has 2 aromatic rings. The second-order valence-electron chi connectivity index (χ2n) is 5.62. The fraction of sp³-hybridized carbons (Fsp3) is 0.294. The summed E-state index contributed by atoms with van der Waals surface area (Å²) in [7, 11) is -3.57. The maximum Gasteiger partial charge on any atom is 0.303 e. The van der Waals surface area contributed by atoms with E-state index in [2.05, 4.69) is 9.71 Å². The molecule has 0 saturated heterocycles. The molecular weight excluding hydrogens is 344 g/mol. The lowest BCUT2D eigenvalue weighted by Crippen LogP contribution is -2.26. The third kappa shape index (κ3) is 5.27. The third-order valence-electron chi connectivity index (χ3n) is 3.71. The van der Waals surface area contributed by atoms with Gasteiger partial charge >= 0.3 is 5.97 Å². The zero-order valence-electron chi connectivity index (χ0n) is 13.8. The number of carboxylic acids is 1. The Bertz CT molecular complexity index is 856. The van der Waals surface area contributed by atoms with E-state index in [1.54, 1.807) is 24.3 Å². The maximum atomic E-state index is 12.1. The van der Waals surface area contributed by atoms with Crippen LogP contribution in [0.5, 0.6) is 0 Å². The first-order valence-corrected chi connectivity index (χ1v) is 9.26. The summed E-state index contributed by atoms with van der Waals surface area (Å²) in [5.74, 6) is -1.30. The SMILES string of the molecule is Cc1cc(C(=O)CCC(=O)O)[nH]c1CCNS(=O)(=O)c1ccccc1. The Morgan fingerprint density at radius 1 is 1.16 bits per heavy atom. The molecule has 0 aliphatic carbocycles. The average molecular weight is 364 g/mol. The first-order valence-electron chi connectivity index (χ1n) is 7.78. The van der Waals surface area contributed by atoms with E-state index in [9.17, 15) is 18.0 Å². The Morgan fingerprint density at radius 2 is 1.84 bits per heavy atom. The highest BCUT2D eigenvalue weighted by Gasteiger charge is 2.15. The van der Waals surface area contributed by atoms with Gasteiger partial charge in [-0.25, -0.2) is 13.1 Å². The Kier molecular flexibility index (Phi) is 6.11. The average Bonchev–Trinajstić information content (AvgIpc) is 2.94. The second kappa shape index (κ2) is 8.09. The number of sulfonamides is 1. The summed E-state index contributed by atoms with van der Waals surface area (Å²) in [6.45, 7) is 1.99. The number of nitrogens with one attached hydrogen (secondary N) is 2. The standard InChI is InChI=1S/C17H20N2O5S/c1-12-11-15(16(20)7-8-17(21)22)19-14(12)9-10-18-25(23,24)13-5-3-2-4-6-13/h2-6,11,18-19H,7-10H2,1H3,(H,21,22). The Hall–Kier alpha value is -2.45. The van der Waals surface area contributed by atoms with Gasteiger partial charge in [0.1, 0.15) is 0 Å². The van der Waals surface area contributed by atoms with E-state index in [1.807, 2.05) is 6.92 Å². The van der Waals surface area contributed by atoms with Crippen molar-refractivity contribution in [3.8, 4) is 0 Å². The summed E-state index contributed by atoms with van der Waals surface area (Å²) in [4.78, 5) is 25.6. The number of aliphatic carboxylic acids is 1. The third-order valence-corrected chi connectivity index (χ3v) is 5.19. The van der Waals surface area contributed by atoms with Crippen LogP contribution in [0.1, 0.15) is 34.6 Å². The van der Waals surface area contributed by atoms with Crippen LogP contribution in [0.3, 0.4) is 0 Å². The van der Waals surface area contributed by atoms with Gasteiger partial charge in [-0.05, 0) is 30.7 Å². The first kappa shape index (κ1) is 18.9. The number of carbonyl (C=O) groups excluding carboxylic acids is 1. The highest BCUT2D eigenvalue weighted by molar-refractivity contribution is 7.89. The number of aromatic amines is 1. The molecule has 0 amide bonds. The van der Waals surface area contributed by atoms with Gasteiger partial charge in [0, 0.05) is 25.1 Å². The number of aryl methyl sites for hydroxylation is 1. The molecule has 0 radical (unpaired) electrons. The summed E-state index contributed by atoms with van der Waals surface area (Å²) in [6, 6.07) is 9.73. The van der Waals surface area contributed by atoms with Crippen molar-refractivity contribution in [3.05, 3.63) is 53.3 Å². The second-order valence-corrected chi connectivity index (χ2v) is 7.39. The minimum absolute atomic E-state index is 0.0740. The van der Waals surface area contributed by atoms with Crippen molar-refractivity contribution in [3.63, 3.8) is 0 Å². The molecule has 134 valence electrons. The fourth-order valence-corrected chi connectivity index (χ4v) is 3.41. The van der Waals surface area contributed by atoms with Crippen molar-refractivity contribution < 1.29 is 23.1 Å². The van der Waals surface area contributed by atoms with E-state index < -0.39 is 16.0 Å². The van der Waals surface area contributed by atoms with Crippen LogP contribution in [0.2, 0.25) is 0 Å². The van der Waals surface area contributed by atoms with Crippen LogP contribution in [-0.2, 0) is 21.2 Å². The number of H-pyrrole nitrogens is 1. The number of carbonyl (C=O) groups is 2. The highest BCUT2D eigenvalue weighted by atomic mass is 32.2. The minimum atomic E-state index is -3.57. The number of Topliss-reactive ketones (excluding diaryl/α,β-unsaturated/α-hetero) is 1. The van der Waals surface area contributed by atoms with Gasteiger partial charge in [-0.15, -0.1) is 0 Å². The van der Waals surface area contributed by atoms with Crippen molar-refractivity contribution in [2.75, 3.05) is 6.54 Å². The zero-order chi connectivity index (χ0) is 18.4. The largest absolute Gasteiger partial charge is 0.481 e. The molecular formula is C17H20N2O5S. The van der Waals surface area contributed by atoms with Crippen LogP contribution in [0, 0.1) is 6.92 Å². The molecule has 8 heteroatoms. The molecule has 1 heterocycles. The number of benzene rings is 1. The quantitative estimate of drug-likeness (QED) is 0.588. The van der Waals surface area contributed by atoms with Gasteiger partial charge < -0.3 is 10.1 Å². The molecule has 0 saturated carbocycles. The van der Waals surface area contributed by atoms with Crippen LogP contribution in [0.25, 0.3) is 0 Å². The topological polar surface area (TPSA) is 116 Å².